The van der Waals surface area contributed by atoms with Crippen LogP contribution in [0.3, 0.4) is 0 Å². The highest BCUT2D eigenvalue weighted by molar-refractivity contribution is 5.72. The van der Waals surface area contributed by atoms with Crippen LogP contribution < -0.4 is 0 Å². The summed E-state index contributed by atoms with van der Waals surface area (Å²) in [5.74, 6) is 6.14. The summed E-state index contributed by atoms with van der Waals surface area (Å²) >= 11 is 0. The van der Waals surface area contributed by atoms with Crippen LogP contribution in [-0.4, -0.2) is 13.1 Å². The van der Waals surface area contributed by atoms with E-state index in [-0.39, 0.29) is 12.4 Å². The Morgan fingerprint density at radius 2 is 2.45 bits per heavy atom. The molecular formula is C9H11O2. The first-order valence-corrected chi connectivity index (χ1v) is 3.69. The number of hydrogen-bond donors (Lipinski definition) is 0. The third kappa shape index (κ3) is 3.67. The van der Waals surface area contributed by atoms with Crippen LogP contribution in [0.5, 0.6) is 0 Å². The van der Waals surface area contributed by atoms with Gasteiger partial charge in [-0.05, 0) is 18.8 Å². The molecule has 0 amide bonds. The molecule has 1 unspecified atom stereocenters. The zero-order valence-electron chi connectivity index (χ0n) is 6.59. The van der Waals surface area contributed by atoms with Gasteiger partial charge < -0.3 is 4.74 Å². The Morgan fingerprint density at radius 1 is 1.73 bits per heavy atom. The third-order valence-electron chi connectivity index (χ3n) is 1.52. The molecule has 0 N–H and O–H groups in total. The maximum Gasteiger partial charge on any atom is 0.317 e. The van der Waals surface area contributed by atoms with E-state index in [1.165, 1.54) is 13.5 Å². The summed E-state index contributed by atoms with van der Waals surface area (Å²) in [6.45, 7) is 0. The number of hydrogen-bond acceptors (Lipinski definition) is 2. The van der Waals surface area contributed by atoms with Crippen molar-refractivity contribution in [1.82, 2.24) is 0 Å². The molecule has 0 aromatic heterocycles. The molecule has 59 valence electrons. The van der Waals surface area contributed by atoms with Crippen LogP contribution in [0.15, 0.2) is 0 Å². The monoisotopic (exact) mass is 151 g/mol. The number of carbonyl (C=O) groups excluding carboxylic acids is 1. The van der Waals surface area contributed by atoms with Crippen molar-refractivity contribution in [2.24, 2.45) is 5.92 Å². The molecule has 2 nitrogen and oxygen atoms in total. The van der Waals surface area contributed by atoms with Crippen LogP contribution in [0, 0.1) is 24.2 Å². The Hall–Kier alpha value is -0.970. The second-order valence-electron chi connectivity index (χ2n) is 2.54. The van der Waals surface area contributed by atoms with Gasteiger partial charge in [-0.3, -0.25) is 4.79 Å². The maximum atomic E-state index is 10.5. The van der Waals surface area contributed by atoms with Crippen LogP contribution in [0.25, 0.3) is 0 Å². The molecular weight excluding hydrogens is 140 g/mol. The van der Waals surface area contributed by atoms with Gasteiger partial charge in [0.2, 0.25) is 0 Å². The fourth-order valence-electron chi connectivity index (χ4n) is 0.673. The summed E-state index contributed by atoms with van der Waals surface area (Å²) in [7, 11) is 1.37. The van der Waals surface area contributed by atoms with E-state index in [2.05, 4.69) is 23.0 Å². The van der Waals surface area contributed by atoms with Gasteiger partial charge in [0, 0.05) is 6.42 Å². The van der Waals surface area contributed by atoms with Crippen LogP contribution >= 0.6 is 0 Å². The van der Waals surface area contributed by atoms with Crippen LogP contribution in [0.4, 0.5) is 0 Å². The summed E-state index contributed by atoms with van der Waals surface area (Å²) in [4.78, 5) is 10.5. The number of carbonyl (C=O) groups is 1. The molecule has 2 heteroatoms. The molecule has 0 aromatic carbocycles. The van der Waals surface area contributed by atoms with Gasteiger partial charge in [-0.15, -0.1) is 5.92 Å². The lowest BCUT2D eigenvalue weighted by molar-refractivity contribution is -0.139. The molecule has 1 radical (unpaired) electrons. The van der Waals surface area contributed by atoms with E-state index in [4.69, 9.17) is 0 Å². The van der Waals surface area contributed by atoms with Crippen LogP contribution in [0.2, 0.25) is 0 Å². The van der Waals surface area contributed by atoms with Gasteiger partial charge in [-0.25, -0.2) is 0 Å². The summed E-state index contributed by atoms with van der Waals surface area (Å²) in [5.41, 5.74) is 0. The number of methoxy groups -OCH3 is 1. The Labute approximate surface area is 66.9 Å². The average molecular weight is 151 g/mol. The van der Waals surface area contributed by atoms with Gasteiger partial charge in [0.05, 0.1) is 7.11 Å². The predicted molar refractivity (Wildman–Crippen MR) is 41.4 cm³/mol. The van der Waals surface area contributed by atoms with Crippen molar-refractivity contribution in [3.8, 4) is 11.8 Å². The topological polar surface area (TPSA) is 26.3 Å². The Morgan fingerprint density at radius 3 is 3.00 bits per heavy atom. The highest BCUT2D eigenvalue weighted by Gasteiger charge is 2.19. The molecule has 11 heavy (non-hydrogen) atoms. The van der Waals surface area contributed by atoms with E-state index >= 15 is 0 Å². The van der Waals surface area contributed by atoms with Crippen LogP contribution in [-0.2, 0) is 9.53 Å². The Balaban J connectivity index is 2.06. The van der Waals surface area contributed by atoms with Crippen molar-refractivity contribution in [3.05, 3.63) is 6.42 Å². The molecule has 0 saturated heterocycles. The SMILES string of the molecule is COC(=O)CC#CCC1[CH]C1. The molecule has 0 aromatic rings. The standard InChI is InChI=1S/C9H11O2/c1-11-9(10)5-3-2-4-8-6-7-8/h6,8H,4-5,7H2,1H3. The predicted octanol–water partition coefficient (Wildman–Crippen LogP) is 1.17. The summed E-state index contributed by atoms with van der Waals surface area (Å²) in [6.07, 6.45) is 4.53. The van der Waals surface area contributed by atoms with E-state index < -0.39 is 0 Å². The zero-order valence-corrected chi connectivity index (χ0v) is 6.59. The number of esters is 1. The minimum atomic E-state index is -0.253. The van der Waals surface area contributed by atoms with Crippen molar-refractivity contribution < 1.29 is 9.53 Å². The van der Waals surface area contributed by atoms with Crippen molar-refractivity contribution >= 4 is 5.97 Å². The Kier molecular flexibility index (Phi) is 2.97. The van der Waals surface area contributed by atoms with Gasteiger partial charge in [0.1, 0.15) is 6.42 Å². The molecule has 1 aliphatic rings. The maximum absolute atomic E-state index is 10.5. The van der Waals surface area contributed by atoms with E-state index in [1.54, 1.807) is 0 Å². The highest BCUT2D eigenvalue weighted by Crippen LogP contribution is 2.29. The minimum Gasteiger partial charge on any atom is -0.468 e. The fourth-order valence-corrected chi connectivity index (χ4v) is 0.673. The van der Waals surface area contributed by atoms with Crippen molar-refractivity contribution in [1.29, 1.82) is 0 Å². The van der Waals surface area contributed by atoms with E-state index in [9.17, 15) is 4.79 Å². The quantitative estimate of drug-likeness (QED) is 0.437. The lowest BCUT2D eigenvalue weighted by atomic mass is 10.3. The molecule has 0 spiro atoms. The highest BCUT2D eigenvalue weighted by atomic mass is 16.5. The van der Waals surface area contributed by atoms with Gasteiger partial charge in [0.15, 0.2) is 0 Å². The summed E-state index contributed by atoms with van der Waals surface area (Å²) in [5, 5.41) is 0. The molecule has 0 aliphatic heterocycles. The van der Waals surface area contributed by atoms with Gasteiger partial charge in [-0.2, -0.15) is 0 Å². The first-order valence-electron chi connectivity index (χ1n) is 3.69. The molecule has 1 fully saturated rings. The van der Waals surface area contributed by atoms with Crippen molar-refractivity contribution in [3.63, 3.8) is 0 Å². The second kappa shape index (κ2) is 4.02. The summed E-state index contributed by atoms with van der Waals surface area (Å²) in [6, 6.07) is 0. The van der Waals surface area contributed by atoms with E-state index in [0.717, 1.165) is 6.42 Å². The molecule has 0 bridgehead atoms. The first kappa shape index (κ1) is 8.13. The van der Waals surface area contributed by atoms with E-state index in [0.29, 0.717) is 5.92 Å². The normalized spacial score (nSPS) is 15.0. The molecule has 1 saturated carbocycles. The molecule has 1 rings (SSSR count). The average Bonchev–Trinajstić information content (AvgIpc) is 2.81. The smallest absolute Gasteiger partial charge is 0.317 e. The zero-order chi connectivity index (χ0) is 8.10. The minimum absolute atomic E-state index is 0.225. The first-order chi connectivity index (χ1) is 5.33. The van der Waals surface area contributed by atoms with Gasteiger partial charge in [0.25, 0.3) is 0 Å². The summed E-state index contributed by atoms with van der Waals surface area (Å²) < 4.78 is 4.42. The van der Waals surface area contributed by atoms with Crippen molar-refractivity contribution in [2.75, 3.05) is 7.11 Å². The van der Waals surface area contributed by atoms with Gasteiger partial charge >= 0.3 is 5.97 Å². The van der Waals surface area contributed by atoms with Crippen molar-refractivity contribution in [2.45, 2.75) is 19.3 Å². The van der Waals surface area contributed by atoms with Crippen LogP contribution in [0.1, 0.15) is 19.3 Å². The van der Waals surface area contributed by atoms with E-state index in [1.807, 2.05) is 0 Å². The van der Waals surface area contributed by atoms with Gasteiger partial charge in [-0.1, -0.05) is 5.92 Å². The fraction of sp³-hybridized carbons (Fsp3) is 0.556. The number of ether oxygens (including phenoxy) is 1. The molecule has 1 aliphatic carbocycles. The lowest BCUT2D eigenvalue weighted by Gasteiger charge is -1.88. The Bertz CT molecular complexity index is 193. The lowest BCUT2D eigenvalue weighted by Crippen LogP contribution is -1.96. The second-order valence-corrected chi connectivity index (χ2v) is 2.54. The molecule has 0 heterocycles. The molecule has 1 atom stereocenters. The third-order valence-corrected chi connectivity index (χ3v) is 1.52. The number of rotatable bonds is 2. The largest absolute Gasteiger partial charge is 0.468 e.